The van der Waals surface area contributed by atoms with Gasteiger partial charge in [0.05, 0.1) is 0 Å². The average molecular weight is 244 g/mol. The second kappa shape index (κ2) is 7.41. The molecule has 4 nitrogen and oxygen atoms in total. The molecule has 1 rings (SSSR count). The lowest BCUT2D eigenvalue weighted by Crippen LogP contribution is -2.08. The predicted molar refractivity (Wildman–Crippen MR) is 66.0 cm³/mol. The standard InChI is InChI=1S/C11H18ClN3O/c1-3-6-16-7-4-5-13-11-9(2)10(12)14-8-15-11/h8H,3-7H2,1-2H3,(H,13,14,15). The van der Waals surface area contributed by atoms with Crippen LogP contribution in [0.1, 0.15) is 25.3 Å². The van der Waals surface area contributed by atoms with Gasteiger partial charge in [0.1, 0.15) is 17.3 Å². The summed E-state index contributed by atoms with van der Waals surface area (Å²) in [5, 5.41) is 3.71. The van der Waals surface area contributed by atoms with Crippen molar-refractivity contribution in [3.63, 3.8) is 0 Å². The Labute approximate surface area is 101 Å². The first kappa shape index (κ1) is 13.2. The lowest BCUT2D eigenvalue weighted by atomic mass is 10.3. The summed E-state index contributed by atoms with van der Waals surface area (Å²) in [5.74, 6) is 0.801. The minimum atomic E-state index is 0.500. The van der Waals surface area contributed by atoms with E-state index >= 15 is 0 Å². The van der Waals surface area contributed by atoms with Crippen LogP contribution >= 0.6 is 11.6 Å². The highest BCUT2D eigenvalue weighted by Crippen LogP contribution is 2.17. The van der Waals surface area contributed by atoms with E-state index in [9.17, 15) is 0 Å². The molecule has 0 fully saturated rings. The number of nitrogens with one attached hydrogen (secondary N) is 1. The smallest absolute Gasteiger partial charge is 0.137 e. The van der Waals surface area contributed by atoms with Gasteiger partial charge in [-0.1, -0.05) is 18.5 Å². The molecular weight excluding hydrogens is 226 g/mol. The Hall–Kier alpha value is -0.870. The van der Waals surface area contributed by atoms with E-state index < -0.39 is 0 Å². The largest absolute Gasteiger partial charge is 0.381 e. The molecule has 0 saturated heterocycles. The third-order valence-corrected chi connectivity index (χ3v) is 2.51. The van der Waals surface area contributed by atoms with Crippen LogP contribution in [0.25, 0.3) is 0 Å². The molecule has 0 bridgehead atoms. The van der Waals surface area contributed by atoms with E-state index in [1.807, 2.05) is 6.92 Å². The van der Waals surface area contributed by atoms with Crippen molar-refractivity contribution in [2.24, 2.45) is 0 Å². The van der Waals surface area contributed by atoms with Crippen molar-refractivity contribution in [3.8, 4) is 0 Å². The van der Waals surface area contributed by atoms with Crippen molar-refractivity contribution in [2.45, 2.75) is 26.7 Å². The minimum absolute atomic E-state index is 0.500. The zero-order valence-electron chi connectivity index (χ0n) is 9.79. The van der Waals surface area contributed by atoms with Crippen molar-refractivity contribution in [1.29, 1.82) is 0 Å². The molecule has 90 valence electrons. The van der Waals surface area contributed by atoms with E-state index in [0.717, 1.165) is 44.0 Å². The summed E-state index contributed by atoms with van der Waals surface area (Å²) in [6, 6.07) is 0. The second-order valence-electron chi connectivity index (χ2n) is 3.53. The first-order valence-electron chi connectivity index (χ1n) is 5.54. The summed E-state index contributed by atoms with van der Waals surface area (Å²) in [7, 11) is 0. The molecule has 0 amide bonds. The van der Waals surface area contributed by atoms with Crippen molar-refractivity contribution >= 4 is 17.4 Å². The van der Waals surface area contributed by atoms with Crippen LogP contribution in [0.5, 0.6) is 0 Å². The SMILES string of the molecule is CCCOCCCNc1ncnc(Cl)c1C. The van der Waals surface area contributed by atoms with Crippen LogP contribution in [0, 0.1) is 6.92 Å². The van der Waals surface area contributed by atoms with Gasteiger partial charge in [-0.2, -0.15) is 0 Å². The van der Waals surface area contributed by atoms with Gasteiger partial charge in [-0.25, -0.2) is 9.97 Å². The van der Waals surface area contributed by atoms with E-state index in [-0.39, 0.29) is 0 Å². The number of nitrogens with zero attached hydrogens (tertiary/aromatic N) is 2. The molecule has 0 saturated carbocycles. The molecule has 0 radical (unpaired) electrons. The maximum atomic E-state index is 5.88. The summed E-state index contributed by atoms with van der Waals surface area (Å²) in [6.07, 6.45) is 3.49. The molecule has 1 N–H and O–H groups in total. The zero-order valence-corrected chi connectivity index (χ0v) is 10.5. The Balaban J connectivity index is 2.24. The number of halogens is 1. The number of hydrogen-bond acceptors (Lipinski definition) is 4. The third kappa shape index (κ3) is 4.33. The van der Waals surface area contributed by atoms with E-state index in [4.69, 9.17) is 16.3 Å². The maximum absolute atomic E-state index is 5.88. The molecule has 0 aliphatic rings. The van der Waals surface area contributed by atoms with E-state index in [0.29, 0.717) is 5.15 Å². The van der Waals surface area contributed by atoms with Crippen LogP contribution in [-0.4, -0.2) is 29.7 Å². The third-order valence-electron chi connectivity index (χ3n) is 2.13. The molecule has 0 aliphatic carbocycles. The van der Waals surface area contributed by atoms with Crippen LogP contribution in [0.2, 0.25) is 5.15 Å². The Kier molecular flexibility index (Phi) is 6.11. The van der Waals surface area contributed by atoms with Crippen molar-refractivity contribution in [2.75, 3.05) is 25.1 Å². The molecule has 0 spiro atoms. The monoisotopic (exact) mass is 243 g/mol. The van der Waals surface area contributed by atoms with Crippen LogP contribution in [-0.2, 0) is 4.74 Å². The average Bonchev–Trinajstić information content (AvgIpc) is 2.29. The Morgan fingerprint density at radius 3 is 2.94 bits per heavy atom. The fraction of sp³-hybridized carbons (Fsp3) is 0.636. The second-order valence-corrected chi connectivity index (χ2v) is 3.89. The van der Waals surface area contributed by atoms with Gasteiger partial charge in [-0.05, 0) is 19.8 Å². The normalized spacial score (nSPS) is 10.4. The highest BCUT2D eigenvalue weighted by molar-refractivity contribution is 6.30. The summed E-state index contributed by atoms with van der Waals surface area (Å²) in [4.78, 5) is 8.02. The summed E-state index contributed by atoms with van der Waals surface area (Å²) in [6.45, 7) is 6.44. The highest BCUT2D eigenvalue weighted by Gasteiger charge is 2.03. The van der Waals surface area contributed by atoms with Crippen LogP contribution in [0.3, 0.4) is 0 Å². The van der Waals surface area contributed by atoms with Crippen LogP contribution in [0.4, 0.5) is 5.82 Å². The Morgan fingerprint density at radius 1 is 1.38 bits per heavy atom. The molecule has 0 unspecified atom stereocenters. The quantitative estimate of drug-likeness (QED) is 0.591. The van der Waals surface area contributed by atoms with Gasteiger partial charge in [0.2, 0.25) is 0 Å². The number of rotatable bonds is 7. The molecule has 1 heterocycles. The lowest BCUT2D eigenvalue weighted by molar-refractivity contribution is 0.134. The molecule has 5 heteroatoms. The molecule has 0 aromatic carbocycles. The topological polar surface area (TPSA) is 47.0 Å². The van der Waals surface area contributed by atoms with Gasteiger partial charge in [0.25, 0.3) is 0 Å². The molecular formula is C11H18ClN3O. The molecule has 1 aromatic rings. The van der Waals surface area contributed by atoms with Crippen molar-refractivity contribution < 1.29 is 4.74 Å². The van der Waals surface area contributed by atoms with Crippen LogP contribution < -0.4 is 5.32 Å². The summed E-state index contributed by atoms with van der Waals surface area (Å²) < 4.78 is 5.38. The Bertz CT molecular complexity index is 320. The fourth-order valence-electron chi connectivity index (χ4n) is 1.23. The number of anilines is 1. The number of ether oxygens (including phenoxy) is 1. The van der Waals surface area contributed by atoms with Crippen molar-refractivity contribution in [3.05, 3.63) is 17.0 Å². The zero-order chi connectivity index (χ0) is 11.8. The summed E-state index contributed by atoms with van der Waals surface area (Å²) >= 11 is 5.88. The van der Waals surface area contributed by atoms with Gasteiger partial charge in [0, 0.05) is 25.3 Å². The maximum Gasteiger partial charge on any atom is 0.137 e. The number of aromatic nitrogens is 2. The van der Waals surface area contributed by atoms with Gasteiger partial charge in [-0.3, -0.25) is 0 Å². The Morgan fingerprint density at radius 2 is 2.19 bits per heavy atom. The minimum Gasteiger partial charge on any atom is -0.381 e. The van der Waals surface area contributed by atoms with E-state index in [1.54, 1.807) is 0 Å². The van der Waals surface area contributed by atoms with Crippen LogP contribution in [0.15, 0.2) is 6.33 Å². The fourth-order valence-corrected chi connectivity index (χ4v) is 1.37. The first-order chi connectivity index (χ1) is 7.75. The van der Waals surface area contributed by atoms with Gasteiger partial charge in [0.15, 0.2) is 0 Å². The van der Waals surface area contributed by atoms with Gasteiger partial charge in [-0.15, -0.1) is 0 Å². The number of hydrogen-bond donors (Lipinski definition) is 1. The first-order valence-corrected chi connectivity index (χ1v) is 5.92. The van der Waals surface area contributed by atoms with E-state index in [1.165, 1.54) is 6.33 Å². The molecule has 0 aliphatic heterocycles. The highest BCUT2D eigenvalue weighted by atomic mass is 35.5. The van der Waals surface area contributed by atoms with Crippen molar-refractivity contribution in [1.82, 2.24) is 9.97 Å². The van der Waals surface area contributed by atoms with Gasteiger partial charge >= 0.3 is 0 Å². The summed E-state index contributed by atoms with van der Waals surface area (Å²) in [5.41, 5.74) is 0.888. The van der Waals surface area contributed by atoms with E-state index in [2.05, 4.69) is 22.2 Å². The molecule has 0 atom stereocenters. The molecule has 16 heavy (non-hydrogen) atoms. The lowest BCUT2D eigenvalue weighted by Gasteiger charge is -2.08. The molecule has 1 aromatic heterocycles. The van der Waals surface area contributed by atoms with Gasteiger partial charge < -0.3 is 10.1 Å². The predicted octanol–water partition coefficient (Wildman–Crippen LogP) is 2.67.